The lowest BCUT2D eigenvalue weighted by Gasteiger charge is -2.50. The highest BCUT2D eigenvalue weighted by Gasteiger charge is 2.55. The number of nitrogens with one attached hydrogen (secondary N) is 1. The Morgan fingerprint density at radius 2 is 1.25 bits per heavy atom. The largest absolute Gasteiger partial charge is 0.463 e. The van der Waals surface area contributed by atoms with Gasteiger partial charge in [0, 0.05) is 63.3 Å². The van der Waals surface area contributed by atoms with Gasteiger partial charge in [-0.2, -0.15) is 0 Å². The van der Waals surface area contributed by atoms with Crippen LogP contribution in [0.25, 0.3) is 10.8 Å². The molecule has 2 fully saturated rings. The number of hydrogen-bond donors (Lipinski definition) is 1. The van der Waals surface area contributed by atoms with Crippen molar-refractivity contribution in [3.8, 4) is 0 Å². The number of benzene rings is 3. The summed E-state index contributed by atoms with van der Waals surface area (Å²) in [6.45, 7) is 6.87. The van der Waals surface area contributed by atoms with Crippen LogP contribution in [0.4, 0.5) is 5.69 Å². The first-order chi connectivity index (χ1) is 27.1. The van der Waals surface area contributed by atoms with Crippen LogP contribution < -0.4 is 5.32 Å². The number of hydrogen-bond acceptors (Lipinski definition) is 16. The average Bonchev–Trinajstić information content (AvgIpc) is 3.14. The standard InChI is InChI=1S/C41H41NO15/c1-17-7-9-24-23(13-17)8-10-26-32(24)35(48)27-12-11-25-29-14-28(42-34(25)33(27)36(26)49)37(30(55-29)15-50-18(2)43)57-41-40(54-22(6)47)39(53-21(5)46)38(52-20(4)45)31(56-41)16-51-19(3)44/h7-13,28-31,37-42H,14-16H2,1-6H3/t28-,29-,30-,31-,37+,38+,39+,40-,41+/m1/s1. The maximum atomic E-state index is 14.4. The molecule has 3 aromatic rings. The Morgan fingerprint density at radius 3 is 1.89 bits per heavy atom. The molecule has 0 radical (unpaired) electrons. The van der Waals surface area contributed by atoms with Crippen LogP contribution in [0.3, 0.4) is 0 Å². The molecule has 0 unspecified atom stereocenters. The van der Waals surface area contributed by atoms with Gasteiger partial charge in [0.25, 0.3) is 0 Å². The van der Waals surface area contributed by atoms with Crippen molar-refractivity contribution in [3.63, 3.8) is 0 Å². The molecular formula is C41H41NO15. The average molecular weight is 788 g/mol. The summed E-state index contributed by atoms with van der Waals surface area (Å²) < 4.78 is 46.6. The summed E-state index contributed by atoms with van der Waals surface area (Å²) in [4.78, 5) is 89.8. The molecule has 0 spiro atoms. The van der Waals surface area contributed by atoms with Gasteiger partial charge in [-0.1, -0.05) is 35.9 Å². The third-order valence-corrected chi connectivity index (χ3v) is 10.3. The van der Waals surface area contributed by atoms with E-state index in [4.69, 9.17) is 37.9 Å². The van der Waals surface area contributed by atoms with E-state index in [0.29, 0.717) is 22.2 Å². The van der Waals surface area contributed by atoms with Crippen LogP contribution in [0.1, 0.15) is 90.1 Å². The zero-order chi connectivity index (χ0) is 40.9. The molecule has 300 valence electrons. The number of aryl methyl sites for hydroxylation is 1. The molecule has 7 rings (SSSR count). The first-order valence-corrected chi connectivity index (χ1v) is 18.4. The minimum absolute atomic E-state index is 0.166. The molecule has 16 nitrogen and oxygen atoms in total. The number of anilines is 1. The van der Waals surface area contributed by atoms with Gasteiger partial charge >= 0.3 is 29.8 Å². The highest BCUT2D eigenvalue weighted by molar-refractivity contribution is 6.33. The van der Waals surface area contributed by atoms with Crippen molar-refractivity contribution < 1.29 is 71.5 Å². The van der Waals surface area contributed by atoms with Crippen molar-refractivity contribution in [2.24, 2.45) is 0 Å². The molecule has 57 heavy (non-hydrogen) atoms. The number of carbonyl (C=O) groups is 7. The van der Waals surface area contributed by atoms with Crippen molar-refractivity contribution >= 4 is 57.9 Å². The SMILES string of the molecule is CC(=O)OC[C@H]1O[C@@H](O[C@H]2[C@H]3C[C@@H](O[C@@H]2COC(C)=O)c2ccc4c(c2N3)C(=O)c2ccc3cc(C)ccc3c2C4=O)[C@H](OC(C)=O)[C@@H](OC(C)=O)[C@H]1OC(C)=O. The molecule has 4 aliphatic rings. The molecule has 16 heteroatoms. The van der Waals surface area contributed by atoms with Crippen LogP contribution in [-0.4, -0.2) is 104 Å². The van der Waals surface area contributed by atoms with Gasteiger partial charge in [-0.15, -0.1) is 0 Å². The van der Waals surface area contributed by atoms with Crippen LogP contribution >= 0.6 is 0 Å². The van der Waals surface area contributed by atoms with Crippen molar-refractivity contribution in [2.75, 3.05) is 18.5 Å². The number of ether oxygens (including phenoxy) is 8. The maximum Gasteiger partial charge on any atom is 0.303 e. The van der Waals surface area contributed by atoms with Crippen molar-refractivity contribution in [1.29, 1.82) is 0 Å². The lowest BCUT2D eigenvalue weighted by Crippen LogP contribution is -2.65. The Morgan fingerprint density at radius 1 is 0.667 bits per heavy atom. The fourth-order valence-corrected chi connectivity index (χ4v) is 8.08. The molecular weight excluding hydrogens is 746 g/mol. The third kappa shape index (κ3) is 7.72. The number of esters is 5. The Labute approximate surface area is 326 Å². The van der Waals surface area contributed by atoms with Gasteiger partial charge < -0.3 is 43.2 Å². The smallest absolute Gasteiger partial charge is 0.303 e. The van der Waals surface area contributed by atoms with E-state index in [1.807, 2.05) is 31.2 Å². The summed E-state index contributed by atoms with van der Waals surface area (Å²) >= 11 is 0. The third-order valence-electron chi connectivity index (χ3n) is 10.3. The van der Waals surface area contributed by atoms with E-state index in [2.05, 4.69) is 5.32 Å². The fourth-order valence-electron chi connectivity index (χ4n) is 8.08. The van der Waals surface area contributed by atoms with E-state index in [9.17, 15) is 33.6 Å². The van der Waals surface area contributed by atoms with Crippen LogP contribution in [0.15, 0.2) is 42.5 Å². The van der Waals surface area contributed by atoms with Gasteiger partial charge in [0.15, 0.2) is 36.2 Å². The number of fused-ring (bicyclic) bond motifs is 9. The fraction of sp³-hybridized carbons (Fsp3) is 0.439. The number of rotatable bonds is 9. The van der Waals surface area contributed by atoms with Crippen LogP contribution in [0.5, 0.6) is 0 Å². The van der Waals surface area contributed by atoms with Crippen LogP contribution in [-0.2, 0) is 61.9 Å². The topological polar surface area (TPSA) is 205 Å². The molecule has 2 saturated heterocycles. The van der Waals surface area contributed by atoms with Gasteiger partial charge in [-0.3, -0.25) is 33.6 Å². The second-order valence-electron chi connectivity index (χ2n) is 14.4. The Kier molecular flexibility index (Phi) is 10.9. The lowest BCUT2D eigenvalue weighted by atomic mass is 9.77. The minimum atomic E-state index is -1.59. The molecule has 3 aliphatic heterocycles. The second kappa shape index (κ2) is 15.7. The highest BCUT2D eigenvalue weighted by atomic mass is 16.7. The molecule has 3 heterocycles. The van der Waals surface area contributed by atoms with E-state index in [1.54, 1.807) is 18.2 Å². The zero-order valence-electron chi connectivity index (χ0n) is 32.0. The first-order valence-electron chi connectivity index (χ1n) is 18.4. The Hall–Kier alpha value is -5.71. The molecule has 3 aromatic carbocycles. The summed E-state index contributed by atoms with van der Waals surface area (Å²) in [7, 11) is 0. The molecule has 0 saturated carbocycles. The van der Waals surface area contributed by atoms with Crippen molar-refractivity contribution in [2.45, 2.75) is 103 Å². The quantitative estimate of drug-likeness (QED) is 0.190. The van der Waals surface area contributed by atoms with Gasteiger partial charge in [-0.05, 0) is 29.8 Å². The van der Waals surface area contributed by atoms with Gasteiger partial charge in [0.1, 0.15) is 31.5 Å². The highest BCUT2D eigenvalue weighted by Crippen LogP contribution is 2.47. The van der Waals surface area contributed by atoms with E-state index < -0.39 is 91.5 Å². The lowest BCUT2D eigenvalue weighted by molar-refractivity contribution is -0.330. The molecule has 1 N–H and O–H groups in total. The normalized spacial score (nSPS) is 27.2. The zero-order valence-corrected chi connectivity index (χ0v) is 32.0. The first kappa shape index (κ1) is 39.5. The van der Waals surface area contributed by atoms with Crippen molar-refractivity contribution in [3.05, 3.63) is 75.8 Å². The van der Waals surface area contributed by atoms with E-state index in [0.717, 1.165) is 38.6 Å². The Bertz CT molecular complexity index is 2200. The van der Waals surface area contributed by atoms with Crippen LogP contribution in [0.2, 0.25) is 0 Å². The van der Waals surface area contributed by atoms with E-state index >= 15 is 0 Å². The molecule has 0 amide bonds. The molecule has 2 bridgehead atoms. The monoisotopic (exact) mass is 787 g/mol. The Balaban J connectivity index is 1.28. The summed E-state index contributed by atoms with van der Waals surface area (Å²) in [5.41, 5.74) is 2.93. The van der Waals surface area contributed by atoms with Crippen LogP contribution in [0, 0.1) is 6.92 Å². The summed E-state index contributed by atoms with van der Waals surface area (Å²) in [5, 5.41) is 4.92. The minimum Gasteiger partial charge on any atom is -0.463 e. The van der Waals surface area contributed by atoms with Gasteiger partial charge in [0.2, 0.25) is 0 Å². The summed E-state index contributed by atoms with van der Waals surface area (Å²) in [6.07, 6.45) is -9.83. The predicted molar refractivity (Wildman–Crippen MR) is 195 cm³/mol. The molecule has 0 aromatic heterocycles. The number of ketones is 2. The summed E-state index contributed by atoms with van der Waals surface area (Å²) in [5.74, 6) is -4.41. The summed E-state index contributed by atoms with van der Waals surface area (Å²) in [6, 6.07) is 11.8. The van der Waals surface area contributed by atoms with E-state index in [-0.39, 0.29) is 41.3 Å². The molecule has 9 atom stereocenters. The molecule has 1 aliphatic carbocycles. The maximum absolute atomic E-state index is 14.4. The van der Waals surface area contributed by atoms with E-state index in [1.165, 1.54) is 6.92 Å². The second-order valence-corrected chi connectivity index (χ2v) is 14.4. The van der Waals surface area contributed by atoms with Crippen molar-refractivity contribution in [1.82, 2.24) is 0 Å². The predicted octanol–water partition coefficient (Wildman–Crippen LogP) is 3.58. The van der Waals surface area contributed by atoms with Gasteiger partial charge in [0.05, 0.1) is 23.4 Å². The number of carbonyl (C=O) groups excluding carboxylic acids is 7. The van der Waals surface area contributed by atoms with Gasteiger partial charge in [-0.25, -0.2) is 0 Å².